The summed E-state index contributed by atoms with van der Waals surface area (Å²) >= 11 is 3.26. The highest BCUT2D eigenvalue weighted by Crippen LogP contribution is 2.20. The van der Waals surface area contributed by atoms with E-state index in [1.165, 1.54) is 6.20 Å². The predicted octanol–water partition coefficient (Wildman–Crippen LogP) is 1.01. The average Bonchev–Trinajstić information content (AvgIpc) is 2.55. The Bertz CT molecular complexity index is 693. The van der Waals surface area contributed by atoms with Crippen LogP contribution < -0.4 is 21.7 Å². The Morgan fingerprint density at radius 2 is 1.89 bits per heavy atom. The highest BCUT2D eigenvalue weighted by atomic mass is 79.9. The summed E-state index contributed by atoms with van der Waals surface area (Å²) in [6.45, 7) is 6.66. The number of halogens is 1. The first-order valence-electron chi connectivity index (χ1n) is 8.59. The fourth-order valence-electron chi connectivity index (χ4n) is 1.91. The molecular formula is C17H26BrN5O5. The zero-order chi connectivity index (χ0) is 21.2. The summed E-state index contributed by atoms with van der Waals surface area (Å²) in [4.78, 5) is 38.9. The van der Waals surface area contributed by atoms with Gasteiger partial charge in [-0.15, -0.1) is 0 Å². The summed E-state index contributed by atoms with van der Waals surface area (Å²) in [6, 6.07) is 1.56. The van der Waals surface area contributed by atoms with Gasteiger partial charge in [0, 0.05) is 23.8 Å². The molecule has 10 nitrogen and oxygen atoms in total. The number of hydrogen-bond donors (Lipinski definition) is 4. The van der Waals surface area contributed by atoms with E-state index in [0.717, 1.165) is 0 Å². The van der Waals surface area contributed by atoms with Gasteiger partial charge in [-0.1, -0.05) is 0 Å². The van der Waals surface area contributed by atoms with Crippen LogP contribution in [-0.4, -0.2) is 61.3 Å². The third-order valence-corrected chi connectivity index (χ3v) is 3.39. The van der Waals surface area contributed by atoms with Crippen LogP contribution >= 0.6 is 15.9 Å². The van der Waals surface area contributed by atoms with Crippen molar-refractivity contribution in [3.63, 3.8) is 0 Å². The first kappa shape index (κ1) is 23.8. The maximum absolute atomic E-state index is 12.4. The van der Waals surface area contributed by atoms with E-state index in [1.54, 1.807) is 26.8 Å². The van der Waals surface area contributed by atoms with Gasteiger partial charge in [-0.25, -0.2) is 9.78 Å². The maximum atomic E-state index is 12.4. The normalized spacial score (nSPS) is 11.0. The fraction of sp³-hybridized carbons (Fsp3) is 0.529. The van der Waals surface area contributed by atoms with Gasteiger partial charge in [0.25, 0.3) is 5.91 Å². The number of hydrogen-bond acceptors (Lipinski definition) is 7. The summed E-state index contributed by atoms with van der Waals surface area (Å²) in [5.41, 5.74) is 4.59. The predicted molar refractivity (Wildman–Crippen MR) is 107 cm³/mol. The maximum Gasteiger partial charge on any atom is 0.412 e. The van der Waals surface area contributed by atoms with Gasteiger partial charge >= 0.3 is 6.09 Å². The smallest absolute Gasteiger partial charge is 0.412 e. The zero-order valence-electron chi connectivity index (χ0n) is 16.1. The summed E-state index contributed by atoms with van der Waals surface area (Å²) in [6.07, 6.45) is 0.768. The second kappa shape index (κ2) is 11.6. The fourth-order valence-corrected chi connectivity index (χ4v) is 2.24. The number of rotatable bonds is 10. The summed E-state index contributed by atoms with van der Waals surface area (Å²) in [5.74, 6) is -0.904. The molecule has 3 amide bonds. The first-order valence-corrected chi connectivity index (χ1v) is 9.38. The van der Waals surface area contributed by atoms with Gasteiger partial charge in [-0.2, -0.15) is 0 Å². The van der Waals surface area contributed by atoms with Crippen LogP contribution in [0.2, 0.25) is 0 Å². The van der Waals surface area contributed by atoms with Gasteiger partial charge in [-0.3, -0.25) is 14.9 Å². The number of nitrogens with one attached hydrogen (secondary N) is 3. The molecule has 0 spiro atoms. The minimum atomic E-state index is -0.687. The minimum Gasteiger partial charge on any atom is -0.444 e. The third kappa shape index (κ3) is 10.2. The van der Waals surface area contributed by atoms with Crippen LogP contribution in [0.1, 0.15) is 31.3 Å². The second-order valence-electron chi connectivity index (χ2n) is 6.69. The molecule has 0 atom stereocenters. The number of anilines is 1. The molecule has 0 fully saturated rings. The zero-order valence-corrected chi connectivity index (χ0v) is 17.7. The largest absolute Gasteiger partial charge is 0.444 e. The standard InChI is InChI=1S/C17H26BrN5O5/c1-17(2,3)28-16(26)23-12-8-11(18)9-22-14(12)15(25)21-5-7-27-6-4-20-10-13(19)24/h8-9,20H,4-7,10H2,1-3H3,(H2,19,24)(H,21,25)(H,23,26). The molecular weight excluding hydrogens is 434 g/mol. The van der Waals surface area contributed by atoms with Crippen molar-refractivity contribution in [1.29, 1.82) is 0 Å². The Labute approximate surface area is 172 Å². The summed E-state index contributed by atoms with van der Waals surface area (Å²) in [5, 5.41) is 8.00. The van der Waals surface area contributed by atoms with Crippen LogP contribution in [0.25, 0.3) is 0 Å². The quantitative estimate of drug-likeness (QED) is 0.382. The van der Waals surface area contributed by atoms with E-state index in [-0.39, 0.29) is 31.1 Å². The Morgan fingerprint density at radius 3 is 2.54 bits per heavy atom. The third-order valence-electron chi connectivity index (χ3n) is 2.96. The molecule has 0 unspecified atom stereocenters. The van der Waals surface area contributed by atoms with E-state index in [9.17, 15) is 14.4 Å². The molecule has 28 heavy (non-hydrogen) atoms. The van der Waals surface area contributed by atoms with Crippen LogP contribution in [0.5, 0.6) is 0 Å². The summed E-state index contributed by atoms with van der Waals surface area (Å²) in [7, 11) is 0. The molecule has 156 valence electrons. The lowest BCUT2D eigenvalue weighted by atomic mass is 10.2. The van der Waals surface area contributed by atoms with Gasteiger partial charge in [0.05, 0.1) is 25.4 Å². The molecule has 1 aromatic heterocycles. The molecule has 0 aliphatic heterocycles. The first-order chi connectivity index (χ1) is 13.1. The van der Waals surface area contributed by atoms with Crippen molar-refractivity contribution in [3.8, 4) is 0 Å². The van der Waals surface area contributed by atoms with Crippen molar-refractivity contribution in [3.05, 3.63) is 22.4 Å². The number of carbonyl (C=O) groups excluding carboxylic acids is 3. The molecule has 1 heterocycles. The van der Waals surface area contributed by atoms with Gasteiger partial charge in [-0.05, 0) is 42.8 Å². The van der Waals surface area contributed by atoms with Crippen molar-refractivity contribution < 1.29 is 23.9 Å². The number of nitrogens with zero attached hydrogens (tertiary/aromatic N) is 1. The second-order valence-corrected chi connectivity index (χ2v) is 7.60. The molecule has 0 aromatic carbocycles. The topological polar surface area (TPSA) is 145 Å². The molecule has 5 N–H and O–H groups in total. The van der Waals surface area contributed by atoms with Crippen molar-refractivity contribution in [2.45, 2.75) is 26.4 Å². The van der Waals surface area contributed by atoms with Crippen molar-refractivity contribution >= 4 is 39.5 Å². The highest BCUT2D eigenvalue weighted by Gasteiger charge is 2.20. The monoisotopic (exact) mass is 459 g/mol. The number of primary amides is 1. The Hall–Kier alpha value is -2.24. The number of ether oxygens (including phenoxy) is 2. The Kier molecular flexibility index (Phi) is 9.83. The highest BCUT2D eigenvalue weighted by molar-refractivity contribution is 9.10. The van der Waals surface area contributed by atoms with Crippen molar-refractivity contribution in [2.75, 3.05) is 38.2 Å². The molecule has 0 bridgehead atoms. The number of aromatic nitrogens is 1. The molecule has 0 saturated carbocycles. The van der Waals surface area contributed by atoms with E-state index in [1.807, 2.05) is 0 Å². The van der Waals surface area contributed by atoms with Gasteiger partial charge in [0.2, 0.25) is 5.91 Å². The van der Waals surface area contributed by atoms with Crippen LogP contribution in [-0.2, 0) is 14.3 Å². The molecule has 1 aromatic rings. The molecule has 0 aliphatic carbocycles. The minimum absolute atomic E-state index is 0.0529. The van der Waals surface area contributed by atoms with Crippen molar-refractivity contribution in [1.82, 2.24) is 15.6 Å². The number of carbonyl (C=O) groups is 3. The number of nitrogens with two attached hydrogens (primary N) is 1. The van der Waals surface area contributed by atoms with Crippen LogP contribution in [0.3, 0.4) is 0 Å². The van der Waals surface area contributed by atoms with Crippen LogP contribution in [0, 0.1) is 0 Å². The Balaban J connectivity index is 2.50. The van der Waals surface area contributed by atoms with Gasteiger partial charge in [0.15, 0.2) is 5.69 Å². The Morgan fingerprint density at radius 1 is 1.21 bits per heavy atom. The van der Waals surface area contributed by atoms with Crippen LogP contribution in [0.15, 0.2) is 16.7 Å². The van der Waals surface area contributed by atoms with Gasteiger partial charge < -0.3 is 25.8 Å². The summed E-state index contributed by atoms with van der Waals surface area (Å²) < 4.78 is 11.1. The van der Waals surface area contributed by atoms with E-state index < -0.39 is 23.5 Å². The lowest BCUT2D eigenvalue weighted by Crippen LogP contribution is -2.32. The SMILES string of the molecule is CC(C)(C)OC(=O)Nc1cc(Br)cnc1C(=O)NCCOCCNCC(N)=O. The molecule has 1 rings (SSSR count). The lowest BCUT2D eigenvalue weighted by molar-refractivity contribution is -0.117. The molecule has 0 aliphatic rings. The number of pyridine rings is 1. The van der Waals surface area contributed by atoms with Crippen molar-refractivity contribution in [2.24, 2.45) is 5.73 Å². The van der Waals surface area contributed by atoms with E-state index in [0.29, 0.717) is 17.6 Å². The lowest BCUT2D eigenvalue weighted by Gasteiger charge is -2.20. The van der Waals surface area contributed by atoms with E-state index >= 15 is 0 Å². The van der Waals surface area contributed by atoms with Gasteiger partial charge in [0.1, 0.15) is 5.60 Å². The van der Waals surface area contributed by atoms with E-state index in [4.69, 9.17) is 15.2 Å². The average molecular weight is 460 g/mol. The van der Waals surface area contributed by atoms with Crippen LogP contribution in [0.4, 0.5) is 10.5 Å². The number of amides is 3. The van der Waals surface area contributed by atoms with E-state index in [2.05, 4.69) is 36.9 Å². The molecule has 11 heteroatoms. The molecule has 0 radical (unpaired) electrons. The molecule has 0 saturated heterocycles.